The van der Waals surface area contributed by atoms with E-state index in [0.717, 1.165) is 28.2 Å². The van der Waals surface area contributed by atoms with Gasteiger partial charge < -0.3 is 10.3 Å². The van der Waals surface area contributed by atoms with E-state index in [2.05, 4.69) is 26.3 Å². The number of aromatic amines is 1. The Morgan fingerprint density at radius 2 is 2.11 bits per heavy atom. The monoisotopic (exact) mass is 238 g/mol. The number of fused-ring (bicyclic) bond motifs is 1. The van der Waals surface area contributed by atoms with E-state index < -0.39 is 0 Å². The van der Waals surface area contributed by atoms with Crippen LogP contribution < -0.4 is 5.32 Å². The molecule has 3 heterocycles. The Hall–Kier alpha value is -2.36. The van der Waals surface area contributed by atoms with Gasteiger partial charge in [0.2, 0.25) is 0 Å². The maximum absolute atomic E-state index is 4.44. The van der Waals surface area contributed by atoms with Crippen LogP contribution >= 0.6 is 0 Å². The number of nitrogens with one attached hydrogen (secondary N) is 2. The van der Waals surface area contributed by atoms with Crippen LogP contribution in [0.15, 0.2) is 36.8 Å². The van der Waals surface area contributed by atoms with Crippen molar-refractivity contribution in [2.24, 2.45) is 0 Å². The Kier molecular flexibility index (Phi) is 2.48. The van der Waals surface area contributed by atoms with Crippen LogP contribution in [-0.2, 0) is 0 Å². The largest absolute Gasteiger partial charge is 0.373 e. The van der Waals surface area contributed by atoms with Crippen LogP contribution in [0.5, 0.6) is 0 Å². The number of nitrogens with zero attached hydrogens (tertiary/aromatic N) is 2. The van der Waals surface area contributed by atoms with E-state index >= 15 is 0 Å². The maximum atomic E-state index is 4.44. The number of pyridine rings is 2. The summed E-state index contributed by atoms with van der Waals surface area (Å²) in [6.07, 6.45) is 5.67. The van der Waals surface area contributed by atoms with Crippen molar-refractivity contribution >= 4 is 16.7 Å². The predicted octanol–water partition coefficient (Wildman–Crippen LogP) is 2.98. The molecule has 2 N–H and O–H groups in total. The molecule has 0 radical (unpaired) electrons. The molecule has 0 amide bonds. The zero-order valence-corrected chi connectivity index (χ0v) is 10.4. The van der Waals surface area contributed by atoms with Gasteiger partial charge >= 0.3 is 0 Å². The third-order valence-corrected chi connectivity index (χ3v) is 3.11. The Labute approximate surface area is 105 Å². The molecule has 0 spiro atoms. The third-order valence-electron chi connectivity index (χ3n) is 3.11. The molecule has 0 aliphatic heterocycles. The van der Waals surface area contributed by atoms with Crippen molar-refractivity contribution in [3.05, 3.63) is 42.5 Å². The number of anilines is 1. The minimum atomic E-state index is 0.858. The molecule has 18 heavy (non-hydrogen) atoms. The summed E-state index contributed by atoms with van der Waals surface area (Å²) in [6, 6.07) is 6.11. The van der Waals surface area contributed by atoms with E-state index in [9.17, 15) is 0 Å². The van der Waals surface area contributed by atoms with Crippen LogP contribution in [0, 0.1) is 6.92 Å². The first-order valence-corrected chi connectivity index (χ1v) is 5.86. The molecule has 3 aromatic rings. The lowest BCUT2D eigenvalue weighted by molar-refractivity contribution is 1.22. The van der Waals surface area contributed by atoms with Crippen LogP contribution in [0.1, 0.15) is 5.69 Å². The molecule has 3 rings (SSSR count). The molecule has 0 fully saturated rings. The van der Waals surface area contributed by atoms with E-state index in [1.165, 1.54) is 5.39 Å². The molecular weight excluding hydrogens is 224 g/mol. The van der Waals surface area contributed by atoms with Gasteiger partial charge in [-0.2, -0.15) is 0 Å². The highest BCUT2D eigenvalue weighted by Gasteiger charge is 2.08. The van der Waals surface area contributed by atoms with Crippen LogP contribution in [0.25, 0.3) is 22.0 Å². The van der Waals surface area contributed by atoms with Crippen molar-refractivity contribution < 1.29 is 0 Å². The highest BCUT2D eigenvalue weighted by molar-refractivity contribution is 5.95. The van der Waals surface area contributed by atoms with Gasteiger partial charge in [0.05, 0.1) is 11.2 Å². The summed E-state index contributed by atoms with van der Waals surface area (Å²) >= 11 is 0. The Morgan fingerprint density at radius 3 is 2.94 bits per heavy atom. The molecule has 0 aromatic carbocycles. The van der Waals surface area contributed by atoms with Crippen LogP contribution in [0.3, 0.4) is 0 Å². The van der Waals surface area contributed by atoms with Gasteiger partial charge in [-0.25, -0.2) is 4.98 Å². The van der Waals surface area contributed by atoms with Crippen molar-refractivity contribution in [3.63, 3.8) is 0 Å². The zero-order valence-electron chi connectivity index (χ0n) is 10.4. The average molecular weight is 238 g/mol. The van der Waals surface area contributed by atoms with E-state index in [4.69, 9.17) is 0 Å². The molecule has 90 valence electrons. The fourth-order valence-electron chi connectivity index (χ4n) is 2.15. The number of aryl methyl sites for hydroxylation is 1. The molecule has 0 unspecified atom stereocenters. The molecule has 0 bridgehead atoms. The molecule has 4 nitrogen and oxygen atoms in total. The summed E-state index contributed by atoms with van der Waals surface area (Å²) in [7, 11) is 1.87. The van der Waals surface area contributed by atoms with Crippen molar-refractivity contribution in [3.8, 4) is 11.1 Å². The van der Waals surface area contributed by atoms with E-state index in [1.54, 1.807) is 6.20 Å². The molecule has 3 aromatic heterocycles. The quantitative estimate of drug-likeness (QED) is 0.721. The Morgan fingerprint density at radius 1 is 1.22 bits per heavy atom. The second-order valence-electron chi connectivity index (χ2n) is 4.20. The standard InChI is InChI=1S/C14H14N4/c1-9-14-11(4-6-17-14)12(8-18-9)10-3-5-16-13(7-10)15-2/h3-8,17H,1-2H3,(H,15,16). The summed E-state index contributed by atoms with van der Waals surface area (Å²) in [5.74, 6) is 0.858. The second kappa shape index (κ2) is 4.14. The number of aromatic nitrogens is 3. The summed E-state index contributed by atoms with van der Waals surface area (Å²) in [6.45, 7) is 2.01. The lowest BCUT2D eigenvalue weighted by Crippen LogP contribution is -1.92. The topological polar surface area (TPSA) is 53.6 Å². The lowest BCUT2D eigenvalue weighted by Gasteiger charge is -2.06. The first-order chi connectivity index (χ1) is 8.79. The van der Waals surface area contributed by atoms with Crippen molar-refractivity contribution in [2.45, 2.75) is 6.92 Å². The van der Waals surface area contributed by atoms with Crippen LogP contribution in [0.2, 0.25) is 0 Å². The average Bonchev–Trinajstić information content (AvgIpc) is 2.89. The first-order valence-electron chi connectivity index (χ1n) is 5.86. The smallest absolute Gasteiger partial charge is 0.126 e. The molecule has 0 atom stereocenters. The van der Waals surface area contributed by atoms with Crippen LogP contribution in [-0.4, -0.2) is 22.0 Å². The van der Waals surface area contributed by atoms with Gasteiger partial charge in [-0.1, -0.05) is 0 Å². The SMILES string of the molecule is CNc1cc(-c2cnc(C)c3[nH]ccc23)ccn1. The summed E-state index contributed by atoms with van der Waals surface area (Å²) < 4.78 is 0. The number of hydrogen-bond acceptors (Lipinski definition) is 3. The van der Waals surface area contributed by atoms with Crippen molar-refractivity contribution in [1.29, 1.82) is 0 Å². The molecule has 0 aliphatic rings. The number of hydrogen-bond donors (Lipinski definition) is 2. The van der Waals surface area contributed by atoms with Crippen LogP contribution in [0.4, 0.5) is 5.82 Å². The third kappa shape index (κ3) is 1.62. The number of rotatable bonds is 2. The van der Waals surface area contributed by atoms with Gasteiger partial charge in [0, 0.05) is 36.6 Å². The lowest BCUT2D eigenvalue weighted by atomic mass is 10.0. The van der Waals surface area contributed by atoms with Crippen molar-refractivity contribution in [2.75, 3.05) is 12.4 Å². The highest BCUT2D eigenvalue weighted by Crippen LogP contribution is 2.29. The molecule has 4 heteroatoms. The summed E-state index contributed by atoms with van der Waals surface area (Å²) in [5.41, 5.74) is 4.35. The van der Waals surface area contributed by atoms with E-state index in [-0.39, 0.29) is 0 Å². The summed E-state index contributed by atoms with van der Waals surface area (Å²) in [5, 5.41) is 4.24. The fourth-order valence-corrected chi connectivity index (χ4v) is 2.15. The highest BCUT2D eigenvalue weighted by atomic mass is 14.9. The van der Waals surface area contributed by atoms with Gasteiger partial charge in [0.15, 0.2) is 0 Å². The van der Waals surface area contributed by atoms with Crippen molar-refractivity contribution in [1.82, 2.24) is 15.0 Å². The molecule has 0 aliphatic carbocycles. The van der Waals surface area contributed by atoms with Gasteiger partial charge in [0.25, 0.3) is 0 Å². The minimum Gasteiger partial charge on any atom is -0.373 e. The first kappa shape index (κ1) is 10.8. The molecule has 0 saturated carbocycles. The van der Waals surface area contributed by atoms with E-state index in [0.29, 0.717) is 0 Å². The normalized spacial score (nSPS) is 10.8. The fraction of sp³-hybridized carbons (Fsp3) is 0.143. The predicted molar refractivity (Wildman–Crippen MR) is 73.6 cm³/mol. The van der Waals surface area contributed by atoms with Gasteiger partial charge in [-0.15, -0.1) is 0 Å². The van der Waals surface area contributed by atoms with Gasteiger partial charge in [-0.05, 0) is 30.7 Å². The minimum absolute atomic E-state index is 0.858. The summed E-state index contributed by atoms with van der Waals surface area (Å²) in [4.78, 5) is 11.9. The number of H-pyrrole nitrogens is 1. The van der Waals surface area contributed by atoms with Gasteiger partial charge in [-0.3, -0.25) is 4.98 Å². The molecule has 0 saturated heterocycles. The second-order valence-corrected chi connectivity index (χ2v) is 4.20. The zero-order chi connectivity index (χ0) is 12.5. The van der Waals surface area contributed by atoms with E-state index in [1.807, 2.05) is 38.5 Å². The molecular formula is C14H14N4. The maximum Gasteiger partial charge on any atom is 0.126 e. The Balaban J connectivity index is 2.25. The van der Waals surface area contributed by atoms with Gasteiger partial charge in [0.1, 0.15) is 5.82 Å². The Bertz CT molecular complexity index is 700.